The number of nitrogens with one attached hydrogen (secondary N) is 2. The van der Waals surface area contributed by atoms with Crippen molar-refractivity contribution in [2.75, 3.05) is 43.3 Å². The van der Waals surface area contributed by atoms with Gasteiger partial charge in [0.25, 0.3) is 0 Å². The Bertz CT molecular complexity index is 497. The molecule has 23 heavy (non-hydrogen) atoms. The van der Waals surface area contributed by atoms with E-state index in [4.69, 9.17) is 5.73 Å². The summed E-state index contributed by atoms with van der Waals surface area (Å²) in [6, 6.07) is 6.47. The number of thioether (sulfide) groups is 1. The first-order valence-corrected chi connectivity index (χ1v) is 8.41. The van der Waals surface area contributed by atoms with E-state index in [1.54, 1.807) is 40.9 Å². The summed E-state index contributed by atoms with van der Waals surface area (Å²) in [7, 11) is 3.66. The molecule has 0 unspecified atom stereocenters. The summed E-state index contributed by atoms with van der Waals surface area (Å²) in [5.41, 5.74) is 7.16. The minimum absolute atomic E-state index is 0. The van der Waals surface area contributed by atoms with Crippen LogP contribution in [0.3, 0.4) is 0 Å². The van der Waals surface area contributed by atoms with Crippen molar-refractivity contribution in [2.24, 2.45) is 5.73 Å². The van der Waals surface area contributed by atoms with Crippen molar-refractivity contribution in [1.82, 2.24) is 4.90 Å². The zero-order chi connectivity index (χ0) is 16.5. The van der Waals surface area contributed by atoms with E-state index in [1.165, 1.54) is 0 Å². The summed E-state index contributed by atoms with van der Waals surface area (Å²) in [5, 5.41) is 5.55. The molecular weight excluding hydrogens is 336 g/mol. The summed E-state index contributed by atoms with van der Waals surface area (Å²) in [4.78, 5) is 25.3. The topological polar surface area (TPSA) is 87.5 Å². The Labute approximate surface area is 148 Å². The lowest BCUT2D eigenvalue weighted by Gasteiger charge is -2.13. The standard InChI is InChI=1S/C15H24N4O2S.ClH/c1-19(2)10-14(20)17-11-4-6-12(7-5-11)18-15(21)13(16)8-9-22-3;/h4-7,13H,8-10,16H2,1-3H3,(H,17,20)(H,18,21);1H/t13-;/m0./s1. The number of benzene rings is 1. The quantitative estimate of drug-likeness (QED) is 0.655. The van der Waals surface area contributed by atoms with Crippen molar-refractivity contribution < 1.29 is 9.59 Å². The van der Waals surface area contributed by atoms with E-state index in [9.17, 15) is 9.59 Å². The molecule has 0 fully saturated rings. The number of carbonyl (C=O) groups is 2. The Morgan fingerprint density at radius 1 is 1.17 bits per heavy atom. The molecule has 0 radical (unpaired) electrons. The van der Waals surface area contributed by atoms with E-state index in [-0.39, 0.29) is 24.2 Å². The van der Waals surface area contributed by atoms with Gasteiger partial charge in [0, 0.05) is 11.4 Å². The van der Waals surface area contributed by atoms with E-state index in [1.807, 2.05) is 20.4 Å². The monoisotopic (exact) mass is 360 g/mol. The molecule has 0 aliphatic heterocycles. The van der Waals surface area contributed by atoms with Crippen LogP contribution in [0.15, 0.2) is 24.3 Å². The van der Waals surface area contributed by atoms with E-state index >= 15 is 0 Å². The van der Waals surface area contributed by atoms with Gasteiger partial charge in [0.2, 0.25) is 11.8 Å². The first-order valence-electron chi connectivity index (χ1n) is 7.02. The third-order valence-electron chi connectivity index (χ3n) is 2.87. The van der Waals surface area contributed by atoms with Crippen LogP contribution in [0.2, 0.25) is 0 Å². The second kappa shape index (κ2) is 11.3. The lowest BCUT2D eigenvalue weighted by Crippen LogP contribution is -2.36. The number of amides is 2. The average molecular weight is 361 g/mol. The zero-order valence-electron chi connectivity index (χ0n) is 13.7. The Balaban J connectivity index is 0.00000484. The SMILES string of the molecule is CSCC[C@H](N)C(=O)Nc1ccc(NC(=O)CN(C)C)cc1.Cl. The number of likely N-dealkylation sites (N-methyl/N-ethyl adjacent to an activating group) is 1. The third kappa shape index (κ3) is 8.80. The normalized spacial score (nSPS) is 11.5. The average Bonchev–Trinajstić information content (AvgIpc) is 2.45. The summed E-state index contributed by atoms with van der Waals surface area (Å²) in [6.07, 6.45) is 2.62. The van der Waals surface area contributed by atoms with Gasteiger partial charge in [-0.3, -0.25) is 9.59 Å². The van der Waals surface area contributed by atoms with Gasteiger partial charge in [-0.1, -0.05) is 0 Å². The molecule has 0 spiro atoms. The molecule has 0 aromatic heterocycles. The van der Waals surface area contributed by atoms with Gasteiger partial charge in [-0.15, -0.1) is 12.4 Å². The minimum atomic E-state index is -0.507. The minimum Gasteiger partial charge on any atom is -0.325 e. The van der Waals surface area contributed by atoms with Crippen LogP contribution < -0.4 is 16.4 Å². The fraction of sp³-hybridized carbons (Fsp3) is 0.467. The predicted octanol–water partition coefficient (Wildman–Crippen LogP) is 1.63. The van der Waals surface area contributed by atoms with Crippen molar-refractivity contribution in [1.29, 1.82) is 0 Å². The fourth-order valence-electron chi connectivity index (χ4n) is 1.74. The second-order valence-corrected chi connectivity index (χ2v) is 6.23. The predicted molar refractivity (Wildman–Crippen MR) is 100 cm³/mol. The molecule has 0 aliphatic rings. The van der Waals surface area contributed by atoms with Gasteiger partial charge in [-0.25, -0.2) is 0 Å². The fourth-order valence-corrected chi connectivity index (χ4v) is 2.23. The van der Waals surface area contributed by atoms with Crippen LogP contribution in [-0.2, 0) is 9.59 Å². The van der Waals surface area contributed by atoms with E-state index in [0.29, 0.717) is 24.3 Å². The number of nitrogens with two attached hydrogens (primary N) is 1. The Morgan fingerprint density at radius 3 is 2.17 bits per heavy atom. The number of hydrogen-bond donors (Lipinski definition) is 3. The lowest BCUT2D eigenvalue weighted by atomic mass is 10.2. The number of carbonyl (C=O) groups excluding carboxylic acids is 2. The zero-order valence-corrected chi connectivity index (χ0v) is 15.3. The van der Waals surface area contributed by atoms with Crippen molar-refractivity contribution in [2.45, 2.75) is 12.5 Å². The van der Waals surface area contributed by atoms with Crippen molar-refractivity contribution in [3.05, 3.63) is 24.3 Å². The molecule has 0 saturated carbocycles. The largest absolute Gasteiger partial charge is 0.325 e. The van der Waals surface area contributed by atoms with Gasteiger partial charge in [-0.05, 0) is 56.8 Å². The molecule has 0 bridgehead atoms. The molecule has 130 valence electrons. The maximum atomic E-state index is 11.9. The van der Waals surface area contributed by atoms with Gasteiger partial charge in [0.15, 0.2) is 0 Å². The van der Waals surface area contributed by atoms with Crippen LogP contribution in [0.4, 0.5) is 11.4 Å². The molecule has 0 heterocycles. The Hall–Kier alpha value is -1.28. The van der Waals surface area contributed by atoms with Gasteiger partial charge >= 0.3 is 0 Å². The number of anilines is 2. The van der Waals surface area contributed by atoms with Crippen LogP contribution in [0.5, 0.6) is 0 Å². The molecular formula is C15H25ClN4O2S. The highest BCUT2D eigenvalue weighted by Gasteiger charge is 2.13. The molecule has 1 atom stereocenters. The maximum absolute atomic E-state index is 11.9. The summed E-state index contributed by atoms with van der Waals surface area (Å²) in [6.45, 7) is 0.322. The van der Waals surface area contributed by atoms with E-state index in [2.05, 4.69) is 10.6 Å². The molecule has 8 heteroatoms. The maximum Gasteiger partial charge on any atom is 0.241 e. The van der Waals surface area contributed by atoms with Crippen LogP contribution in [0.25, 0.3) is 0 Å². The molecule has 4 N–H and O–H groups in total. The molecule has 1 aromatic rings. The first kappa shape index (κ1) is 21.7. The highest BCUT2D eigenvalue weighted by atomic mass is 35.5. The molecule has 1 rings (SSSR count). The molecule has 0 aliphatic carbocycles. The number of nitrogens with zero attached hydrogens (tertiary/aromatic N) is 1. The first-order chi connectivity index (χ1) is 10.4. The van der Waals surface area contributed by atoms with Crippen LogP contribution >= 0.6 is 24.2 Å². The number of halogens is 1. The highest BCUT2D eigenvalue weighted by Crippen LogP contribution is 2.14. The van der Waals surface area contributed by atoms with E-state index < -0.39 is 6.04 Å². The van der Waals surface area contributed by atoms with Gasteiger partial charge < -0.3 is 21.3 Å². The van der Waals surface area contributed by atoms with E-state index in [0.717, 1.165) is 5.75 Å². The van der Waals surface area contributed by atoms with Crippen molar-refractivity contribution in [3.8, 4) is 0 Å². The lowest BCUT2D eigenvalue weighted by molar-refractivity contribution is -0.118. The summed E-state index contributed by atoms with van der Waals surface area (Å²) < 4.78 is 0. The molecule has 1 aromatic carbocycles. The summed E-state index contributed by atoms with van der Waals surface area (Å²) in [5.74, 6) is 0.574. The molecule has 0 saturated heterocycles. The Kier molecular flexibility index (Phi) is 10.7. The molecule has 6 nitrogen and oxygen atoms in total. The van der Waals surface area contributed by atoms with Gasteiger partial charge in [0.05, 0.1) is 12.6 Å². The van der Waals surface area contributed by atoms with Crippen molar-refractivity contribution in [3.63, 3.8) is 0 Å². The Morgan fingerprint density at radius 2 is 1.70 bits per heavy atom. The summed E-state index contributed by atoms with van der Waals surface area (Å²) >= 11 is 1.66. The van der Waals surface area contributed by atoms with Gasteiger partial charge in [-0.2, -0.15) is 11.8 Å². The van der Waals surface area contributed by atoms with Crippen LogP contribution in [0.1, 0.15) is 6.42 Å². The third-order valence-corrected chi connectivity index (χ3v) is 3.51. The number of rotatable bonds is 8. The molecule has 2 amide bonds. The smallest absolute Gasteiger partial charge is 0.241 e. The van der Waals surface area contributed by atoms with Crippen LogP contribution in [0, 0.1) is 0 Å². The van der Waals surface area contributed by atoms with Gasteiger partial charge in [0.1, 0.15) is 0 Å². The second-order valence-electron chi connectivity index (χ2n) is 5.24. The van der Waals surface area contributed by atoms with Crippen LogP contribution in [-0.4, -0.2) is 55.4 Å². The van der Waals surface area contributed by atoms with Crippen molar-refractivity contribution >= 4 is 47.4 Å². The highest BCUT2D eigenvalue weighted by molar-refractivity contribution is 7.98. The number of hydrogen-bond acceptors (Lipinski definition) is 5.